The van der Waals surface area contributed by atoms with Crippen molar-refractivity contribution < 1.29 is 4.39 Å². The molecule has 0 radical (unpaired) electrons. The lowest BCUT2D eigenvalue weighted by Gasteiger charge is -1.98. The summed E-state index contributed by atoms with van der Waals surface area (Å²) in [5, 5.41) is 0. The van der Waals surface area contributed by atoms with Crippen molar-refractivity contribution in [1.29, 1.82) is 0 Å². The molecule has 3 heteroatoms. The molecular weight excluding hydrogens is 311 g/mol. The molecule has 0 unspecified atom stereocenters. The van der Waals surface area contributed by atoms with E-state index in [0.717, 1.165) is 16.8 Å². The van der Waals surface area contributed by atoms with Gasteiger partial charge in [-0.1, -0.05) is 72.8 Å². The molecule has 0 saturated heterocycles. The summed E-state index contributed by atoms with van der Waals surface area (Å²) < 4.78 is 12.7. The van der Waals surface area contributed by atoms with Crippen molar-refractivity contribution in [2.75, 3.05) is 0 Å². The molecule has 4 rings (SSSR count). The first-order valence-corrected chi connectivity index (χ1v) is 7.97. The SMILES string of the molecule is Fc1cccc(-c2ccccc2)n1.c1ccc(-c2ccccn2)cc1. The lowest BCUT2D eigenvalue weighted by atomic mass is 10.1. The predicted molar refractivity (Wildman–Crippen MR) is 99.3 cm³/mol. The third-order valence-electron chi connectivity index (χ3n) is 3.52. The molecule has 0 N–H and O–H groups in total. The molecule has 2 heterocycles. The molecule has 0 fully saturated rings. The number of hydrogen-bond donors (Lipinski definition) is 0. The minimum absolute atomic E-state index is 0.443. The summed E-state index contributed by atoms with van der Waals surface area (Å²) in [7, 11) is 0. The molecule has 2 aromatic heterocycles. The van der Waals surface area contributed by atoms with E-state index >= 15 is 0 Å². The summed E-state index contributed by atoms with van der Waals surface area (Å²) in [5.41, 5.74) is 3.79. The quantitative estimate of drug-likeness (QED) is 0.445. The Balaban J connectivity index is 0.000000146. The Labute approximate surface area is 146 Å². The van der Waals surface area contributed by atoms with Crippen molar-refractivity contribution in [3.05, 3.63) is 109 Å². The molecule has 0 saturated carbocycles. The molecular formula is C22H17FN2. The predicted octanol–water partition coefficient (Wildman–Crippen LogP) is 5.64. The maximum atomic E-state index is 12.7. The fourth-order valence-electron chi connectivity index (χ4n) is 2.32. The van der Waals surface area contributed by atoms with Crippen LogP contribution in [0.2, 0.25) is 0 Å². The maximum Gasteiger partial charge on any atom is 0.213 e. The van der Waals surface area contributed by atoms with Crippen LogP contribution in [0, 0.1) is 5.95 Å². The number of nitrogens with zero attached hydrogens (tertiary/aromatic N) is 2. The highest BCUT2D eigenvalue weighted by molar-refractivity contribution is 5.58. The van der Waals surface area contributed by atoms with Gasteiger partial charge in [0.2, 0.25) is 5.95 Å². The second-order valence-electron chi connectivity index (χ2n) is 5.29. The van der Waals surface area contributed by atoms with Crippen molar-refractivity contribution in [3.63, 3.8) is 0 Å². The van der Waals surface area contributed by atoms with Crippen LogP contribution in [-0.2, 0) is 0 Å². The molecule has 2 aromatic carbocycles. The van der Waals surface area contributed by atoms with Crippen LogP contribution in [0.4, 0.5) is 4.39 Å². The number of benzene rings is 2. The van der Waals surface area contributed by atoms with E-state index in [9.17, 15) is 4.39 Å². The lowest BCUT2D eigenvalue weighted by molar-refractivity contribution is 0.585. The van der Waals surface area contributed by atoms with E-state index in [1.165, 1.54) is 6.07 Å². The standard InChI is InChI=1S/C11H8FN.C11H9N/c12-11-8-4-7-10(13-11)9-5-2-1-3-6-9;1-2-6-10(7-3-1)11-8-4-5-9-12-11/h1-8H;1-9H. The molecule has 4 aromatic rings. The van der Waals surface area contributed by atoms with Gasteiger partial charge in [-0.25, -0.2) is 4.98 Å². The van der Waals surface area contributed by atoms with Crippen LogP contribution in [0.5, 0.6) is 0 Å². The van der Waals surface area contributed by atoms with E-state index in [-0.39, 0.29) is 0 Å². The van der Waals surface area contributed by atoms with Crippen LogP contribution in [0.3, 0.4) is 0 Å². The van der Waals surface area contributed by atoms with Gasteiger partial charge in [0.05, 0.1) is 11.4 Å². The van der Waals surface area contributed by atoms with Crippen molar-refractivity contribution >= 4 is 0 Å². The van der Waals surface area contributed by atoms with Gasteiger partial charge in [0, 0.05) is 17.3 Å². The van der Waals surface area contributed by atoms with Crippen LogP contribution < -0.4 is 0 Å². The van der Waals surface area contributed by atoms with E-state index in [1.54, 1.807) is 12.1 Å². The third-order valence-corrected chi connectivity index (χ3v) is 3.52. The normalized spacial score (nSPS) is 9.80. The molecule has 122 valence electrons. The molecule has 0 aliphatic rings. The van der Waals surface area contributed by atoms with Gasteiger partial charge in [0.1, 0.15) is 0 Å². The number of aromatic nitrogens is 2. The second kappa shape index (κ2) is 8.50. The maximum absolute atomic E-state index is 12.7. The van der Waals surface area contributed by atoms with Crippen LogP contribution in [0.15, 0.2) is 103 Å². The third kappa shape index (κ3) is 4.82. The number of rotatable bonds is 2. The zero-order chi connectivity index (χ0) is 17.3. The fourth-order valence-corrected chi connectivity index (χ4v) is 2.32. The van der Waals surface area contributed by atoms with Gasteiger partial charge in [-0.15, -0.1) is 0 Å². The molecule has 2 nitrogen and oxygen atoms in total. The van der Waals surface area contributed by atoms with Crippen LogP contribution in [0.1, 0.15) is 0 Å². The monoisotopic (exact) mass is 328 g/mol. The van der Waals surface area contributed by atoms with Crippen molar-refractivity contribution in [3.8, 4) is 22.5 Å². The summed E-state index contributed by atoms with van der Waals surface area (Å²) in [6.07, 6.45) is 1.81. The van der Waals surface area contributed by atoms with Crippen LogP contribution >= 0.6 is 0 Å². The highest BCUT2D eigenvalue weighted by Gasteiger charge is 1.98. The molecule has 0 atom stereocenters. The van der Waals surface area contributed by atoms with E-state index in [1.807, 2.05) is 72.9 Å². The topological polar surface area (TPSA) is 25.8 Å². The summed E-state index contributed by atoms with van der Waals surface area (Å²) >= 11 is 0. The van der Waals surface area contributed by atoms with Crippen molar-refractivity contribution in [1.82, 2.24) is 9.97 Å². The second-order valence-corrected chi connectivity index (χ2v) is 5.29. The van der Waals surface area contributed by atoms with E-state index in [2.05, 4.69) is 22.1 Å². The Bertz CT molecular complexity index is 857. The zero-order valence-electron chi connectivity index (χ0n) is 13.6. The summed E-state index contributed by atoms with van der Waals surface area (Å²) in [6.45, 7) is 0. The Hall–Kier alpha value is -3.33. The first kappa shape index (κ1) is 16.5. The fraction of sp³-hybridized carbons (Fsp3) is 0. The van der Waals surface area contributed by atoms with Gasteiger partial charge in [-0.2, -0.15) is 4.39 Å². The van der Waals surface area contributed by atoms with Gasteiger partial charge in [0.25, 0.3) is 0 Å². The highest BCUT2D eigenvalue weighted by Crippen LogP contribution is 2.16. The molecule has 0 bridgehead atoms. The first-order valence-electron chi connectivity index (χ1n) is 7.97. The highest BCUT2D eigenvalue weighted by atomic mass is 19.1. The largest absolute Gasteiger partial charge is 0.256 e. The Kier molecular flexibility index (Phi) is 5.62. The minimum atomic E-state index is -0.443. The Morgan fingerprint density at radius 3 is 1.64 bits per heavy atom. The van der Waals surface area contributed by atoms with Crippen LogP contribution in [-0.4, -0.2) is 9.97 Å². The summed E-state index contributed by atoms with van der Waals surface area (Å²) in [6, 6.07) is 30.4. The van der Waals surface area contributed by atoms with Gasteiger partial charge >= 0.3 is 0 Å². The van der Waals surface area contributed by atoms with Gasteiger partial charge < -0.3 is 0 Å². The minimum Gasteiger partial charge on any atom is -0.256 e. The lowest BCUT2D eigenvalue weighted by Crippen LogP contribution is -1.85. The van der Waals surface area contributed by atoms with Gasteiger partial charge in [-0.05, 0) is 24.3 Å². The van der Waals surface area contributed by atoms with Gasteiger partial charge in [0.15, 0.2) is 0 Å². The van der Waals surface area contributed by atoms with Crippen molar-refractivity contribution in [2.45, 2.75) is 0 Å². The molecule has 25 heavy (non-hydrogen) atoms. The van der Waals surface area contributed by atoms with E-state index in [0.29, 0.717) is 5.69 Å². The van der Waals surface area contributed by atoms with Crippen molar-refractivity contribution in [2.24, 2.45) is 0 Å². The smallest absolute Gasteiger partial charge is 0.213 e. The first-order chi connectivity index (χ1) is 12.3. The van der Waals surface area contributed by atoms with Gasteiger partial charge in [-0.3, -0.25) is 4.98 Å². The summed E-state index contributed by atoms with van der Waals surface area (Å²) in [4.78, 5) is 8.03. The Morgan fingerprint density at radius 1 is 0.520 bits per heavy atom. The molecule has 0 aliphatic carbocycles. The average molecular weight is 328 g/mol. The number of halogens is 1. The average Bonchev–Trinajstić information content (AvgIpc) is 2.71. The van der Waals surface area contributed by atoms with E-state index in [4.69, 9.17) is 0 Å². The molecule has 0 amide bonds. The van der Waals surface area contributed by atoms with Crippen LogP contribution in [0.25, 0.3) is 22.5 Å². The Morgan fingerprint density at radius 2 is 1.08 bits per heavy atom. The molecule has 0 spiro atoms. The summed E-state index contributed by atoms with van der Waals surface area (Å²) in [5.74, 6) is -0.443. The number of pyridine rings is 2. The number of hydrogen-bond acceptors (Lipinski definition) is 2. The zero-order valence-corrected chi connectivity index (χ0v) is 13.6. The molecule has 0 aliphatic heterocycles. The van der Waals surface area contributed by atoms with E-state index < -0.39 is 5.95 Å².